The molecule has 0 saturated carbocycles. The summed E-state index contributed by atoms with van der Waals surface area (Å²) in [7, 11) is 0. The Hall–Kier alpha value is -7.11. The van der Waals surface area contributed by atoms with Gasteiger partial charge in [0.05, 0.1) is 0 Å². The molecule has 2 heterocycles. The number of furan rings is 1. The van der Waals surface area contributed by atoms with Crippen LogP contribution in [0.5, 0.6) is 0 Å². The quantitative estimate of drug-likeness (QED) is 0.177. The van der Waals surface area contributed by atoms with Gasteiger partial charge in [0, 0.05) is 44.5 Å². The first-order valence-corrected chi connectivity index (χ1v) is 17.4. The molecule has 0 bridgehead atoms. The first-order valence-electron chi connectivity index (χ1n) is 17.4. The maximum Gasteiger partial charge on any atom is 0.164 e. The second-order valence-corrected chi connectivity index (χ2v) is 12.9. The second kappa shape index (κ2) is 12.3. The minimum atomic E-state index is 0.596. The fraction of sp³-hybridized carbons (Fsp3) is 0. The van der Waals surface area contributed by atoms with Gasteiger partial charge in [-0.05, 0) is 70.1 Å². The Morgan fingerprint density at radius 2 is 0.923 bits per heavy atom. The molecule has 52 heavy (non-hydrogen) atoms. The Balaban J connectivity index is 1.19. The summed E-state index contributed by atoms with van der Waals surface area (Å²) < 4.78 is 6.67. The van der Waals surface area contributed by atoms with Gasteiger partial charge in [0.2, 0.25) is 0 Å². The number of aromatic nitrogens is 3. The summed E-state index contributed by atoms with van der Waals surface area (Å²) >= 11 is 0. The van der Waals surface area contributed by atoms with E-state index < -0.39 is 0 Å². The van der Waals surface area contributed by atoms with Crippen LogP contribution in [0, 0.1) is 0 Å². The zero-order chi connectivity index (χ0) is 34.4. The molecule has 0 saturated heterocycles. The zero-order valence-electron chi connectivity index (χ0n) is 28.0. The SMILES string of the molecule is c1ccc(-c2nc(-c3ccccc3)nc(-c3cc4oc5ccc(N(c6ccccc6)c6ccc7ccccc7c6)cc5c4c4ccccc34)n2)cc1. The molecule has 0 amide bonds. The molecule has 244 valence electrons. The van der Waals surface area contributed by atoms with Gasteiger partial charge in [-0.15, -0.1) is 0 Å². The van der Waals surface area contributed by atoms with Gasteiger partial charge in [0.25, 0.3) is 0 Å². The van der Waals surface area contributed by atoms with Gasteiger partial charge in [-0.2, -0.15) is 0 Å². The predicted molar refractivity (Wildman–Crippen MR) is 213 cm³/mol. The van der Waals surface area contributed by atoms with Crippen LogP contribution >= 0.6 is 0 Å². The normalized spacial score (nSPS) is 11.5. The van der Waals surface area contributed by atoms with Crippen LogP contribution in [0.2, 0.25) is 0 Å². The molecule has 0 fully saturated rings. The standard InChI is InChI=1S/C47H30N4O/c1-4-15-32(16-5-1)45-48-46(33-17-6-2-7-18-33)50-47(49-45)40-30-43-44(39-23-13-12-22-38(39)40)41-29-37(26-27-42(41)52-43)51(35-20-8-3-9-21-35)36-25-24-31-14-10-11-19-34(31)28-36/h1-30H. The Bertz CT molecular complexity index is 2850. The Labute approximate surface area is 300 Å². The molecule has 5 heteroatoms. The van der Waals surface area contributed by atoms with Crippen LogP contribution in [0.15, 0.2) is 186 Å². The molecule has 0 atom stereocenters. The van der Waals surface area contributed by atoms with Crippen molar-refractivity contribution >= 4 is 60.5 Å². The van der Waals surface area contributed by atoms with E-state index in [4.69, 9.17) is 19.4 Å². The van der Waals surface area contributed by atoms with Crippen LogP contribution in [0.4, 0.5) is 17.1 Å². The molecule has 8 aromatic carbocycles. The smallest absolute Gasteiger partial charge is 0.164 e. The summed E-state index contributed by atoms with van der Waals surface area (Å²) in [5, 5.41) is 6.62. The average Bonchev–Trinajstić information content (AvgIpc) is 3.60. The van der Waals surface area contributed by atoms with Crippen molar-refractivity contribution in [1.82, 2.24) is 15.0 Å². The summed E-state index contributed by atoms with van der Waals surface area (Å²) in [5.74, 6) is 1.84. The van der Waals surface area contributed by atoms with E-state index >= 15 is 0 Å². The van der Waals surface area contributed by atoms with E-state index in [1.165, 1.54) is 10.8 Å². The number of hydrogen-bond acceptors (Lipinski definition) is 5. The largest absolute Gasteiger partial charge is 0.456 e. The molecule has 0 spiro atoms. The van der Waals surface area contributed by atoms with E-state index in [0.717, 1.165) is 66.5 Å². The highest BCUT2D eigenvalue weighted by Crippen LogP contribution is 2.43. The Morgan fingerprint density at radius 3 is 1.63 bits per heavy atom. The van der Waals surface area contributed by atoms with Gasteiger partial charge >= 0.3 is 0 Å². The van der Waals surface area contributed by atoms with Gasteiger partial charge in [-0.3, -0.25) is 0 Å². The number of hydrogen-bond donors (Lipinski definition) is 0. The van der Waals surface area contributed by atoms with Crippen LogP contribution in [0.3, 0.4) is 0 Å². The van der Waals surface area contributed by atoms with Crippen molar-refractivity contribution in [3.05, 3.63) is 182 Å². The molecule has 2 aromatic heterocycles. The highest BCUT2D eigenvalue weighted by Gasteiger charge is 2.21. The average molecular weight is 667 g/mol. The van der Waals surface area contributed by atoms with E-state index in [1.54, 1.807) is 0 Å². The van der Waals surface area contributed by atoms with Gasteiger partial charge in [-0.25, -0.2) is 15.0 Å². The van der Waals surface area contributed by atoms with Gasteiger partial charge in [0.1, 0.15) is 11.2 Å². The predicted octanol–water partition coefficient (Wildman–Crippen LogP) is 12.5. The van der Waals surface area contributed by atoms with Crippen LogP contribution in [-0.4, -0.2) is 15.0 Å². The topological polar surface area (TPSA) is 55.1 Å². The van der Waals surface area contributed by atoms with Crippen molar-refractivity contribution in [2.45, 2.75) is 0 Å². The molecule has 0 radical (unpaired) electrons. The summed E-state index contributed by atoms with van der Waals surface area (Å²) in [5.41, 5.74) is 7.55. The minimum Gasteiger partial charge on any atom is -0.456 e. The third-order valence-corrected chi connectivity index (χ3v) is 9.66. The van der Waals surface area contributed by atoms with Crippen LogP contribution < -0.4 is 4.90 Å². The number of rotatable bonds is 6. The summed E-state index contributed by atoms with van der Waals surface area (Å²) in [4.78, 5) is 17.4. The Kier molecular flexibility index (Phi) is 7.07. The Morgan fingerprint density at radius 1 is 0.365 bits per heavy atom. The van der Waals surface area contributed by atoms with Crippen LogP contribution in [0.25, 0.3) is 77.6 Å². The number of nitrogens with zero attached hydrogens (tertiary/aromatic N) is 4. The molecular weight excluding hydrogens is 637 g/mol. The lowest BCUT2D eigenvalue weighted by molar-refractivity contribution is 0.669. The molecule has 0 N–H and O–H groups in total. The van der Waals surface area contributed by atoms with Gasteiger partial charge < -0.3 is 9.32 Å². The van der Waals surface area contributed by atoms with Crippen molar-refractivity contribution in [2.24, 2.45) is 0 Å². The second-order valence-electron chi connectivity index (χ2n) is 12.9. The maximum absolute atomic E-state index is 6.67. The van der Waals surface area contributed by atoms with E-state index in [-0.39, 0.29) is 0 Å². The van der Waals surface area contributed by atoms with Crippen LogP contribution in [-0.2, 0) is 0 Å². The fourth-order valence-electron chi connectivity index (χ4n) is 7.22. The summed E-state index contributed by atoms with van der Waals surface area (Å²) in [6.07, 6.45) is 0. The van der Waals surface area contributed by atoms with Gasteiger partial charge in [-0.1, -0.05) is 133 Å². The fourth-order valence-corrected chi connectivity index (χ4v) is 7.22. The summed E-state index contributed by atoms with van der Waals surface area (Å²) in [6, 6.07) is 62.8. The molecule has 10 aromatic rings. The monoisotopic (exact) mass is 666 g/mol. The number of anilines is 3. The molecule has 5 nitrogen and oxygen atoms in total. The lowest BCUT2D eigenvalue weighted by atomic mass is 9.98. The molecule has 0 unspecified atom stereocenters. The first kappa shape index (κ1) is 29.8. The lowest BCUT2D eigenvalue weighted by Crippen LogP contribution is -2.09. The highest BCUT2D eigenvalue weighted by atomic mass is 16.3. The van der Waals surface area contributed by atoms with E-state index in [1.807, 2.05) is 60.7 Å². The van der Waals surface area contributed by atoms with Crippen molar-refractivity contribution in [3.63, 3.8) is 0 Å². The van der Waals surface area contributed by atoms with E-state index in [0.29, 0.717) is 17.5 Å². The van der Waals surface area contributed by atoms with Crippen molar-refractivity contribution in [1.29, 1.82) is 0 Å². The molecular formula is C47H30N4O. The maximum atomic E-state index is 6.67. The third kappa shape index (κ3) is 5.15. The number of fused-ring (bicyclic) bond motifs is 6. The number of para-hydroxylation sites is 1. The number of benzene rings is 8. The lowest BCUT2D eigenvalue weighted by Gasteiger charge is -2.26. The third-order valence-electron chi connectivity index (χ3n) is 9.66. The first-order chi connectivity index (χ1) is 25.8. The van der Waals surface area contributed by atoms with Crippen LogP contribution in [0.1, 0.15) is 0 Å². The van der Waals surface area contributed by atoms with E-state index in [2.05, 4.69) is 126 Å². The molecule has 0 aliphatic carbocycles. The van der Waals surface area contributed by atoms with Crippen molar-refractivity contribution < 1.29 is 4.42 Å². The molecule has 0 aliphatic heterocycles. The zero-order valence-corrected chi connectivity index (χ0v) is 28.0. The van der Waals surface area contributed by atoms with Gasteiger partial charge in [0.15, 0.2) is 17.5 Å². The van der Waals surface area contributed by atoms with Crippen molar-refractivity contribution in [3.8, 4) is 34.2 Å². The molecule has 10 rings (SSSR count). The minimum absolute atomic E-state index is 0.596. The highest BCUT2D eigenvalue weighted by molar-refractivity contribution is 6.22. The molecule has 0 aliphatic rings. The van der Waals surface area contributed by atoms with Crippen molar-refractivity contribution in [2.75, 3.05) is 4.90 Å². The summed E-state index contributed by atoms with van der Waals surface area (Å²) in [6.45, 7) is 0. The van der Waals surface area contributed by atoms with E-state index in [9.17, 15) is 0 Å².